The number of rotatable bonds is 5. The molecular weight excluding hydrogens is 384 g/mol. The minimum atomic E-state index is -1.21. The van der Waals surface area contributed by atoms with E-state index in [4.69, 9.17) is 0 Å². The van der Waals surface area contributed by atoms with E-state index in [2.05, 4.69) is 20.6 Å². The summed E-state index contributed by atoms with van der Waals surface area (Å²) in [6.07, 6.45) is 0.423. The molecule has 0 aliphatic carbocycles. The fourth-order valence-electron chi connectivity index (χ4n) is 3.74. The van der Waals surface area contributed by atoms with Crippen molar-refractivity contribution in [3.63, 3.8) is 0 Å². The molecule has 8 heteroatoms. The van der Waals surface area contributed by atoms with Gasteiger partial charge in [-0.1, -0.05) is 18.2 Å². The highest BCUT2D eigenvalue weighted by Gasteiger charge is 2.37. The van der Waals surface area contributed by atoms with Gasteiger partial charge in [0, 0.05) is 17.7 Å². The molecule has 0 radical (unpaired) electrons. The summed E-state index contributed by atoms with van der Waals surface area (Å²) >= 11 is 0. The Hall–Kier alpha value is -3.68. The molecule has 0 saturated carbocycles. The molecule has 0 saturated heterocycles. The molecule has 2 heterocycles. The topological polar surface area (TPSA) is 124 Å². The van der Waals surface area contributed by atoms with Crippen LogP contribution in [0.15, 0.2) is 42.5 Å². The number of fused-ring (bicyclic) bond motifs is 2. The third-order valence-corrected chi connectivity index (χ3v) is 5.38. The number of aromatic nitrogens is 2. The van der Waals surface area contributed by atoms with Crippen molar-refractivity contribution in [1.29, 1.82) is 0 Å². The lowest BCUT2D eigenvalue weighted by Crippen LogP contribution is -2.44. The van der Waals surface area contributed by atoms with Gasteiger partial charge in [0.2, 0.25) is 0 Å². The van der Waals surface area contributed by atoms with Gasteiger partial charge < -0.3 is 20.7 Å². The molecule has 0 fully saturated rings. The maximum Gasteiger partial charge on any atom is 0.306 e. The number of para-hydroxylation sites is 2. The first kappa shape index (κ1) is 19.6. The van der Waals surface area contributed by atoms with E-state index in [9.17, 15) is 19.5 Å². The summed E-state index contributed by atoms with van der Waals surface area (Å²) in [6, 6.07) is 12.8. The highest BCUT2D eigenvalue weighted by atomic mass is 16.4. The molecule has 8 nitrogen and oxygen atoms in total. The van der Waals surface area contributed by atoms with Crippen molar-refractivity contribution in [2.75, 3.05) is 5.32 Å². The summed E-state index contributed by atoms with van der Waals surface area (Å²) in [7, 11) is 0. The van der Waals surface area contributed by atoms with Crippen LogP contribution in [-0.4, -0.2) is 38.3 Å². The van der Waals surface area contributed by atoms with E-state index in [0.717, 1.165) is 16.6 Å². The van der Waals surface area contributed by atoms with E-state index >= 15 is 0 Å². The minimum absolute atomic E-state index is 0.156. The van der Waals surface area contributed by atoms with E-state index in [1.807, 2.05) is 24.3 Å². The van der Waals surface area contributed by atoms with Crippen molar-refractivity contribution in [3.05, 3.63) is 59.4 Å². The van der Waals surface area contributed by atoms with Gasteiger partial charge in [-0.3, -0.25) is 14.4 Å². The van der Waals surface area contributed by atoms with Gasteiger partial charge in [-0.25, -0.2) is 4.98 Å². The Morgan fingerprint density at radius 3 is 2.77 bits per heavy atom. The van der Waals surface area contributed by atoms with Crippen LogP contribution in [0, 0.1) is 0 Å². The number of aliphatic carboxylic acids is 1. The number of carboxylic acids is 1. The highest BCUT2D eigenvalue weighted by molar-refractivity contribution is 5.98. The molecule has 1 amide bonds. The number of amides is 1. The van der Waals surface area contributed by atoms with Gasteiger partial charge in [-0.15, -0.1) is 0 Å². The van der Waals surface area contributed by atoms with Crippen LogP contribution in [-0.2, 0) is 22.6 Å². The van der Waals surface area contributed by atoms with E-state index in [1.54, 1.807) is 25.1 Å². The van der Waals surface area contributed by atoms with Crippen LogP contribution >= 0.6 is 0 Å². The molecule has 3 aromatic rings. The van der Waals surface area contributed by atoms with E-state index in [-0.39, 0.29) is 31.1 Å². The Morgan fingerprint density at radius 2 is 2.00 bits per heavy atom. The molecule has 0 spiro atoms. The smallest absolute Gasteiger partial charge is 0.306 e. The maximum atomic E-state index is 12.7. The zero-order chi connectivity index (χ0) is 21.3. The highest BCUT2D eigenvalue weighted by Crippen LogP contribution is 2.30. The van der Waals surface area contributed by atoms with E-state index in [0.29, 0.717) is 23.5 Å². The third-order valence-electron chi connectivity index (χ3n) is 5.38. The summed E-state index contributed by atoms with van der Waals surface area (Å²) in [6.45, 7) is 1.83. The molecule has 1 aliphatic rings. The number of carbonyl (C=O) groups is 3. The van der Waals surface area contributed by atoms with Gasteiger partial charge >= 0.3 is 5.97 Å². The molecule has 0 bridgehead atoms. The molecule has 4 rings (SSSR count). The van der Waals surface area contributed by atoms with Crippen LogP contribution in [0.1, 0.15) is 41.5 Å². The van der Waals surface area contributed by atoms with Gasteiger partial charge in [0.1, 0.15) is 11.4 Å². The minimum Gasteiger partial charge on any atom is -0.481 e. The fourth-order valence-corrected chi connectivity index (χ4v) is 3.74. The van der Waals surface area contributed by atoms with Crippen molar-refractivity contribution in [1.82, 2.24) is 15.3 Å². The molecule has 30 heavy (non-hydrogen) atoms. The number of carboxylic acid groups (broad SMARTS) is 1. The molecule has 2 aromatic carbocycles. The SMILES string of the molecule is CC1(CC(=O)O)Nc2cc(C(=O)NCc3nc4ccccc4[nH]3)ccc2CCC1=O. The van der Waals surface area contributed by atoms with Crippen molar-refractivity contribution in [2.45, 2.75) is 38.3 Å². The number of carbonyl (C=O) groups excluding carboxylic acids is 2. The lowest BCUT2D eigenvalue weighted by atomic mass is 9.90. The molecule has 4 N–H and O–H groups in total. The van der Waals surface area contributed by atoms with Gasteiger partial charge in [-0.2, -0.15) is 0 Å². The first-order chi connectivity index (χ1) is 14.3. The van der Waals surface area contributed by atoms with Crippen LogP contribution in [0.4, 0.5) is 5.69 Å². The Bertz CT molecular complexity index is 1120. The number of Topliss-reactive ketones (excluding diaryl/α,β-unsaturated/α-hetero) is 1. The average Bonchev–Trinajstić information content (AvgIpc) is 3.08. The average molecular weight is 406 g/mol. The van der Waals surface area contributed by atoms with Crippen LogP contribution in [0.5, 0.6) is 0 Å². The Balaban J connectivity index is 1.51. The Labute approximate surface area is 172 Å². The number of aromatic amines is 1. The molecule has 1 aliphatic heterocycles. The number of hydrogen-bond donors (Lipinski definition) is 4. The van der Waals surface area contributed by atoms with Crippen molar-refractivity contribution >= 4 is 34.4 Å². The molecular formula is C22H22N4O4. The molecule has 1 atom stereocenters. The van der Waals surface area contributed by atoms with Gasteiger partial charge in [0.25, 0.3) is 5.91 Å². The number of benzene rings is 2. The summed E-state index contributed by atoms with van der Waals surface area (Å²) in [5.74, 6) is -0.842. The summed E-state index contributed by atoms with van der Waals surface area (Å²) in [5.41, 5.74) is 2.44. The van der Waals surface area contributed by atoms with Crippen LogP contribution in [0.25, 0.3) is 11.0 Å². The number of H-pyrrole nitrogens is 1. The summed E-state index contributed by atoms with van der Waals surface area (Å²) < 4.78 is 0. The molecule has 154 valence electrons. The predicted octanol–water partition coefficient (Wildman–Crippen LogP) is 2.65. The van der Waals surface area contributed by atoms with Crippen LogP contribution < -0.4 is 10.6 Å². The van der Waals surface area contributed by atoms with Crippen LogP contribution in [0.2, 0.25) is 0 Å². The third kappa shape index (κ3) is 3.89. The second-order valence-corrected chi connectivity index (χ2v) is 7.71. The standard InChI is InChI=1S/C22H22N4O4/c1-22(11-20(28)29)18(27)9-8-13-6-7-14(10-17(13)26-22)21(30)23-12-19-24-15-4-2-3-5-16(15)25-19/h2-7,10,26H,8-9,11-12H2,1H3,(H,23,30)(H,24,25)(H,28,29). The quantitative estimate of drug-likeness (QED) is 0.516. The number of hydrogen-bond acceptors (Lipinski definition) is 5. The Morgan fingerprint density at radius 1 is 1.20 bits per heavy atom. The second kappa shape index (κ2) is 7.62. The van der Waals surface area contributed by atoms with Crippen LogP contribution in [0.3, 0.4) is 0 Å². The fraction of sp³-hybridized carbons (Fsp3) is 0.273. The van der Waals surface area contributed by atoms with Gasteiger partial charge in [-0.05, 0) is 43.2 Å². The van der Waals surface area contributed by atoms with Gasteiger partial charge in [0.15, 0.2) is 5.78 Å². The zero-order valence-corrected chi connectivity index (χ0v) is 16.5. The number of ketones is 1. The predicted molar refractivity (Wildman–Crippen MR) is 111 cm³/mol. The lowest BCUT2D eigenvalue weighted by Gasteiger charge is -2.27. The zero-order valence-electron chi connectivity index (χ0n) is 16.5. The first-order valence-electron chi connectivity index (χ1n) is 9.72. The first-order valence-corrected chi connectivity index (χ1v) is 9.72. The summed E-state index contributed by atoms with van der Waals surface area (Å²) in [4.78, 5) is 44.0. The number of nitrogens with one attached hydrogen (secondary N) is 3. The van der Waals surface area contributed by atoms with E-state index < -0.39 is 11.5 Å². The summed E-state index contributed by atoms with van der Waals surface area (Å²) in [5, 5.41) is 15.1. The van der Waals surface area contributed by atoms with E-state index in [1.165, 1.54) is 0 Å². The maximum absolute atomic E-state index is 12.7. The van der Waals surface area contributed by atoms with Crippen molar-refractivity contribution in [3.8, 4) is 0 Å². The van der Waals surface area contributed by atoms with Crippen molar-refractivity contribution in [2.24, 2.45) is 0 Å². The Kier molecular flexibility index (Phi) is 4.99. The normalized spacial score (nSPS) is 18.4. The monoisotopic (exact) mass is 406 g/mol. The number of imidazole rings is 1. The largest absolute Gasteiger partial charge is 0.481 e. The van der Waals surface area contributed by atoms with Crippen molar-refractivity contribution < 1.29 is 19.5 Å². The number of aryl methyl sites for hydroxylation is 1. The second-order valence-electron chi connectivity index (χ2n) is 7.71. The lowest BCUT2D eigenvalue weighted by molar-refractivity contribution is -0.140. The molecule has 1 unspecified atom stereocenters. The van der Waals surface area contributed by atoms with Gasteiger partial charge in [0.05, 0.1) is 24.0 Å². The number of nitrogens with zero attached hydrogens (tertiary/aromatic N) is 1. The number of anilines is 1. The molecule has 1 aromatic heterocycles.